The lowest BCUT2D eigenvalue weighted by Crippen LogP contribution is -2.19. The summed E-state index contributed by atoms with van der Waals surface area (Å²) in [6.07, 6.45) is 0. The Kier molecular flexibility index (Phi) is 3.49. The zero-order valence-corrected chi connectivity index (χ0v) is 12.5. The zero-order valence-electron chi connectivity index (χ0n) is 12.5. The van der Waals surface area contributed by atoms with Crippen LogP contribution in [-0.2, 0) is 5.41 Å². The van der Waals surface area contributed by atoms with E-state index in [4.69, 9.17) is 0 Å². The van der Waals surface area contributed by atoms with Crippen molar-refractivity contribution in [3.8, 4) is 11.8 Å². The molecule has 0 saturated heterocycles. The molecule has 0 aliphatic rings. The summed E-state index contributed by atoms with van der Waals surface area (Å²) < 4.78 is 1.75. The number of hydrogen-bond acceptors (Lipinski definition) is 4. The molecule has 5 nitrogen and oxygen atoms in total. The molecule has 2 rings (SSSR count). The van der Waals surface area contributed by atoms with Crippen LogP contribution < -0.4 is 4.90 Å². The molecule has 5 heteroatoms. The largest absolute Gasteiger partial charge is 0.378 e. The fourth-order valence-electron chi connectivity index (χ4n) is 2.10. The smallest absolute Gasteiger partial charge is 0.186 e. The molecule has 2 aromatic rings. The summed E-state index contributed by atoms with van der Waals surface area (Å²) in [6, 6.07) is 10.1. The van der Waals surface area contributed by atoms with Gasteiger partial charge in [-0.3, -0.25) is 0 Å². The molecular weight excluding hydrogens is 250 g/mol. The minimum absolute atomic E-state index is 0.200. The van der Waals surface area contributed by atoms with E-state index in [1.165, 1.54) is 0 Å². The summed E-state index contributed by atoms with van der Waals surface area (Å²) in [4.78, 5) is 2.04. The predicted octanol–water partition coefficient (Wildman–Crippen LogP) is 2.50. The molecule has 0 aliphatic carbocycles. The molecule has 0 radical (unpaired) electrons. The van der Waals surface area contributed by atoms with E-state index >= 15 is 0 Å². The van der Waals surface area contributed by atoms with Gasteiger partial charge in [0, 0.05) is 25.2 Å². The van der Waals surface area contributed by atoms with Crippen molar-refractivity contribution in [2.45, 2.75) is 26.2 Å². The SMILES string of the molecule is CN(C)c1ccc(-n2nnc(C#N)c2C(C)(C)C)cc1. The lowest BCUT2D eigenvalue weighted by atomic mass is 9.90. The Balaban J connectivity index is 2.54. The van der Waals surface area contributed by atoms with E-state index in [-0.39, 0.29) is 5.41 Å². The van der Waals surface area contributed by atoms with Crippen LogP contribution in [0.15, 0.2) is 24.3 Å². The van der Waals surface area contributed by atoms with Gasteiger partial charge >= 0.3 is 0 Å². The van der Waals surface area contributed by atoms with Crippen molar-refractivity contribution >= 4 is 5.69 Å². The summed E-state index contributed by atoms with van der Waals surface area (Å²) in [7, 11) is 4.00. The van der Waals surface area contributed by atoms with Gasteiger partial charge in [-0.05, 0) is 24.3 Å². The van der Waals surface area contributed by atoms with E-state index < -0.39 is 0 Å². The van der Waals surface area contributed by atoms with Crippen LogP contribution in [0.3, 0.4) is 0 Å². The standard InChI is InChI=1S/C15H19N5/c1-15(2,3)14-13(10-16)17-18-20(14)12-8-6-11(7-9-12)19(4)5/h6-9H,1-5H3. The highest BCUT2D eigenvalue weighted by atomic mass is 15.4. The zero-order chi connectivity index (χ0) is 14.9. The van der Waals surface area contributed by atoms with Gasteiger partial charge in [0.25, 0.3) is 0 Å². The molecule has 0 N–H and O–H groups in total. The topological polar surface area (TPSA) is 57.7 Å². The van der Waals surface area contributed by atoms with E-state index in [2.05, 4.69) is 37.2 Å². The fraction of sp³-hybridized carbons (Fsp3) is 0.400. The third kappa shape index (κ3) is 2.50. The fourth-order valence-corrected chi connectivity index (χ4v) is 2.10. The molecule has 0 fully saturated rings. The number of nitrogens with zero attached hydrogens (tertiary/aromatic N) is 5. The van der Waals surface area contributed by atoms with E-state index in [1.807, 2.05) is 43.3 Å². The lowest BCUT2D eigenvalue weighted by Gasteiger charge is -2.20. The van der Waals surface area contributed by atoms with Crippen LogP contribution in [0.25, 0.3) is 5.69 Å². The van der Waals surface area contributed by atoms with Crippen LogP contribution in [0, 0.1) is 11.3 Å². The van der Waals surface area contributed by atoms with Crippen LogP contribution in [0.2, 0.25) is 0 Å². The van der Waals surface area contributed by atoms with E-state index in [0.717, 1.165) is 17.1 Å². The first-order chi connectivity index (χ1) is 9.34. The summed E-state index contributed by atoms with van der Waals surface area (Å²) >= 11 is 0. The van der Waals surface area contributed by atoms with Crippen LogP contribution >= 0.6 is 0 Å². The molecule has 0 spiro atoms. The van der Waals surface area contributed by atoms with Crippen molar-refractivity contribution in [2.75, 3.05) is 19.0 Å². The highest BCUT2D eigenvalue weighted by Gasteiger charge is 2.26. The van der Waals surface area contributed by atoms with Gasteiger partial charge in [0.15, 0.2) is 5.69 Å². The number of anilines is 1. The second-order valence-corrected chi connectivity index (χ2v) is 5.97. The average Bonchev–Trinajstić information content (AvgIpc) is 2.82. The highest BCUT2D eigenvalue weighted by molar-refractivity contribution is 5.50. The monoisotopic (exact) mass is 269 g/mol. The Bertz CT molecular complexity index is 638. The van der Waals surface area contributed by atoms with E-state index in [9.17, 15) is 5.26 Å². The van der Waals surface area contributed by atoms with Gasteiger partial charge in [-0.25, -0.2) is 4.68 Å². The van der Waals surface area contributed by atoms with Crippen LogP contribution in [-0.4, -0.2) is 29.1 Å². The van der Waals surface area contributed by atoms with Crippen molar-refractivity contribution in [3.05, 3.63) is 35.7 Å². The third-order valence-electron chi connectivity index (χ3n) is 3.10. The first-order valence-corrected chi connectivity index (χ1v) is 6.48. The lowest BCUT2D eigenvalue weighted by molar-refractivity contribution is 0.541. The Hall–Kier alpha value is -2.35. The number of rotatable bonds is 2. The van der Waals surface area contributed by atoms with Gasteiger partial charge in [-0.2, -0.15) is 5.26 Å². The maximum Gasteiger partial charge on any atom is 0.186 e. The number of nitriles is 1. The maximum atomic E-state index is 9.19. The maximum absolute atomic E-state index is 9.19. The van der Waals surface area contributed by atoms with Crippen molar-refractivity contribution in [1.82, 2.24) is 15.0 Å². The molecule has 0 bridgehead atoms. The summed E-state index contributed by atoms with van der Waals surface area (Å²) in [5.41, 5.74) is 3.04. The predicted molar refractivity (Wildman–Crippen MR) is 79.1 cm³/mol. The first kappa shape index (κ1) is 14.1. The van der Waals surface area contributed by atoms with Gasteiger partial charge in [-0.1, -0.05) is 26.0 Å². The third-order valence-corrected chi connectivity index (χ3v) is 3.10. The van der Waals surface area contributed by atoms with Gasteiger partial charge in [0.2, 0.25) is 0 Å². The molecule has 0 amide bonds. The highest BCUT2D eigenvalue weighted by Crippen LogP contribution is 2.27. The molecule has 0 unspecified atom stereocenters. The van der Waals surface area contributed by atoms with E-state index in [1.54, 1.807) is 4.68 Å². The molecule has 1 aromatic carbocycles. The summed E-state index contributed by atoms with van der Waals surface area (Å²) in [5.74, 6) is 0. The number of aromatic nitrogens is 3. The molecule has 0 aliphatic heterocycles. The van der Waals surface area contributed by atoms with Crippen molar-refractivity contribution in [3.63, 3.8) is 0 Å². The van der Waals surface area contributed by atoms with Crippen molar-refractivity contribution < 1.29 is 0 Å². The second kappa shape index (κ2) is 4.97. The van der Waals surface area contributed by atoms with Gasteiger partial charge in [-0.15, -0.1) is 5.10 Å². The van der Waals surface area contributed by atoms with E-state index in [0.29, 0.717) is 5.69 Å². The summed E-state index contributed by atoms with van der Waals surface area (Å²) in [6.45, 7) is 6.16. The average molecular weight is 269 g/mol. The first-order valence-electron chi connectivity index (χ1n) is 6.48. The quantitative estimate of drug-likeness (QED) is 0.840. The Labute approximate surface area is 119 Å². The number of benzene rings is 1. The van der Waals surface area contributed by atoms with Crippen molar-refractivity contribution in [2.24, 2.45) is 0 Å². The number of hydrogen-bond donors (Lipinski definition) is 0. The van der Waals surface area contributed by atoms with Crippen LogP contribution in [0.4, 0.5) is 5.69 Å². The molecule has 0 atom stereocenters. The molecule has 1 heterocycles. The molecule has 104 valence electrons. The Morgan fingerprint density at radius 2 is 1.75 bits per heavy atom. The van der Waals surface area contributed by atoms with Gasteiger partial charge in [0.05, 0.1) is 11.4 Å². The minimum Gasteiger partial charge on any atom is -0.378 e. The van der Waals surface area contributed by atoms with Crippen LogP contribution in [0.5, 0.6) is 0 Å². The Morgan fingerprint density at radius 1 is 1.15 bits per heavy atom. The Morgan fingerprint density at radius 3 is 2.20 bits per heavy atom. The molecular formula is C15H19N5. The summed E-state index contributed by atoms with van der Waals surface area (Å²) in [5, 5.41) is 17.3. The van der Waals surface area contributed by atoms with Crippen molar-refractivity contribution in [1.29, 1.82) is 5.26 Å². The normalized spacial score (nSPS) is 11.2. The van der Waals surface area contributed by atoms with Gasteiger partial charge in [0.1, 0.15) is 6.07 Å². The second-order valence-electron chi connectivity index (χ2n) is 5.97. The van der Waals surface area contributed by atoms with Gasteiger partial charge < -0.3 is 4.90 Å². The molecule has 0 saturated carbocycles. The molecule has 1 aromatic heterocycles. The molecule has 20 heavy (non-hydrogen) atoms. The van der Waals surface area contributed by atoms with Crippen LogP contribution in [0.1, 0.15) is 32.2 Å². The minimum atomic E-state index is -0.200.